The smallest absolute Gasteiger partial charge is 0.305 e. The van der Waals surface area contributed by atoms with Gasteiger partial charge in [0.2, 0.25) is 5.91 Å². The maximum absolute atomic E-state index is 12.5. The number of hydrogen-bond donors (Lipinski definition) is 3. The molecular formula is C63H121NO5. The summed E-state index contributed by atoms with van der Waals surface area (Å²) in [5, 5.41) is 23.3. The average Bonchev–Trinajstić information content (AvgIpc) is 3.35. The lowest BCUT2D eigenvalue weighted by molar-refractivity contribution is -0.143. The first kappa shape index (κ1) is 67.3. The summed E-state index contributed by atoms with van der Waals surface area (Å²) in [5.74, 6) is -0.0466. The third kappa shape index (κ3) is 55.5. The molecule has 408 valence electrons. The second-order valence-corrected chi connectivity index (χ2v) is 21.4. The average molecular weight is 973 g/mol. The number of aliphatic hydroxyl groups is 2. The number of carbonyl (C=O) groups excluding carboxylic acids is 2. The number of amides is 1. The van der Waals surface area contributed by atoms with Crippen molar-refractivity contribution in [1.29, 1.82) is 0 Å². The molecule has 0 bridgehead atoms. The molecule has 0 aromatic rings. The van der Waals surface area contributed by atoms with Gasteiger partial charge in [0.25, 0.3) is 0 Å². The van der Waals surface area contributed by atoms with Crippen LogP contribution in [0.2, 0.25) is 0 Å². The number of ether oxygens (including phenoxy) is 1. The van der Waals surface area contributed by atoms with Gasteiger partial charge in [-0.2, -0.15) is 0 Å². The Morgan fingerprint density at radius 2 is 0.725 bits per heavy atom. The molecule has 3 N–H and O–H groups in total. The Labute approximate surface area is 431 Å². The SMILES string of the molecule is CCCCCC/C=C\C/C=C\CCCCCCCCCC(=O)OCCCCCCCCCCCCCCCCCC(=O)NC(CO)C(O)CCCCCCCCCCCCCCCCCCCCC. The first-order chi connectivity index (χ1) is 34.0. The molecule has 0 aliphatic rings. The van der Waals surface area contributed by atoms with Crippen LogP contribution in [0.4, 0.5) is 0 Å². The van der Waals surface area contributed by atoms with Crippen molar-refractivity contribution in [1.82, 2.24) is 5.32 Å². The Balaban J connectivity index is 3.42. The minimum Gasteiger partial charge on any atom is -0.466 e. The molecule has 0 spiro atoms. The van der Waals surface area contributed by atoms with E-state index >= 15 is 0 Å². The Hall–Kier alpha value is -1.66. The second kappa shape index (κ2) is 58.9. The molecule has 0 saturated heterocycles. The highest BCUT2D eigenvalue weighted by Crippen LogP contribution is 2.18. The van der Waals surface area contributed by atoms with Gasteiger partial charge in [-0.3, -0.25) is 9.59 Å². The third-order valence-electron chi connectivity index (χ3n) is 14.5. The van der Waals surface area contributed by atoms with Crippen LogP contribution in [0, 0.1) is 0 Å². The summed E-state index contributed by atoms with van der Waals surface area (Å²) < 4.78 is 5.49. The van der Waals surface area contributed by atoms with Crippen molar-refractivity contribution in [3.63, 3.8) is 0 Å². The minimum atomic E-state index is -0.671. The molecule has 0 aliphatic carbocycles. The summed E-state index contributed by atoms with van der Waals surface area (Å²) in [4.78, 5) is 24.6. The van der Waals surface area contributed by atoms with Crippen molar-refractivity contribution in [3.8, 4) is 0 Å². The number of nitrogens with one attached hydrogen (secondary N) is 1. The Morgan fingerprint density at radius 3 is 1.12 bits per heavy atom. The highest BCUT2D eigenvalue weighted by molar-refractivity contribution is 5.76. The van der Waals surface area contributed by atoms with Gasteiger partial charge in [-0.05, 0) is 57.8 Å². The lowest BCUT2D eigenvalue weighted by Gasteiger charge is -2.22. The molecule has 0 rings (SSSR count). The Kier molecular flexibility index (Phi) is 57.5. The van der Waals surface area contributed by atoms with Gasteiger partial charge in [0, 0.05) is 12.8 Å². The summed E-state index contributed by atoms with van der Waals surface area (Å²) in [7, 11) is 0. The van der Waals surface area contributed by atoms with Crippen LogP contribution in [0.15, 0.2) is 24.3 Å². The van der Waals surface area contributed by atoms with E-state index in [0.29, 0.717) is 25.9 Å². The number of allylic oxidation sites excluding steroid dienone is 4. The highest BCUT2D eigenvalue weighted by atomic mass is 16.5. The number of unbranched alkanes of at least 4 members (excludes halogenated alkanes) is 43. The molecule has 2 atom stereocenters. The maximum Gasteiger partial charge on any atom is 0.305 e. The fourth-order valence-electron chi connectivity index (χ4n) is 9.73. The predicted molar refractivity (Wildman–Crippen MR) is 301 cm³/mol. The van der Waals surface area contributed by atoms with Gasteiger partial charge in [0.05, 0.1) is 25.4 Å². The largest absolute Gasteiger partial charge is 0.466 e. The van der Waals surface area contributed by atoms with Crippen molar-refractivity contribution in [2.45, 2.75) is 353 Å². The highest BCUT2D eigenvalue weighted by Gasteiger charge is 2.20. The monoisotopic (exact) mass is 972 g/mol. The van der Waals surface area contributed by atoms with E-state index in [9.17, 15) is 19.8 Å². The lowest BCUT2D eigenvalue weighted by atomic mass is 10.0. The molecule has 6 nitrogen and oxygen atoms in total. The van der Waals surface area contributed by atoms with E-state index in [1.807, 2.05) is 0 Å². The Bertz CT molecular complexity index is 1080. The first-order valence-electron chi connectivity index (χ1n) is 31.1. The van der Waals surface area contributed by atoms with Crippen molar-refractivity contribution >= 4 is 11.9 Å². The zero-order chi connectivity index (χ0) is 50.0. The van der Waals surface area contributed by atoms with E-state index < -0.39 is 12.1 Å². The standard InChI is InChI=1S/C63H121NO5/c1-3-5-7-9-11-13-15-17-19-21-23-24-27-31-35-39-43-47-51-55-61(66)60(59-65)64-62(67)56-52-48-44-40-36-32-28-26-30-34-38-42-46-50-54-58-69-63(68)57-53-49-45-41-37-33-29-25-22-20-18-16-14-12-10-8-6-4-2/h14,16,20,22,60-61,65-66H,3-13,15,17-19,21,23-59H2,1-2H3,(H,64,67)/b16-14-,22-20-. The predicted octanol–water partition coefficient (Wildman–Crippen LogP) is 19.4. The van der Waals surface area contributed by atoms with E-state index in [4.69, 9.17) is 4.74 Å². The van der Waals surface area contributed by atoms with E-state index in [0.717, 1.165) is 57.8 Å². The van der Waals surface area contributed by atoms with Crippen molar-refractivity contribution < 1.29 is 24.5 Å². The molecule has 0 heterocycles. The van der Waals surface area contributed by atoms with E-state index in [-0.39, 0.29) is 18.5 Å². The Morgan fingerprint density at radius 1 is 0.406 bits per heavy atom. The summed E-state index contributed by atoms with van der Waals surface area (Å²) in [6.07, 6.45) is 71.7. The van der Waals surface area contributed by atoms with Gasteiger partial charge in [0.15, 0.2) is 0 Å². The quantitative estimate of drug-likeness (QED) is 0.0321. The number of esters is 1. The number of rotatable bonds is 58. The summed E-state index contributed by atoms with van der Waals surface area (Å²) in [6, 6.07) is -0.549. The number of hydrogen-bond acceptors (Lipinski definition) is 5. The van der Waals surface area contributed by atoms with Crippen LogP contribution in [0.25, 0.3) is 0 Å². The molecule has 69 heavy (non-hydrogen) atoms. The maximum atomic E-state index is 12.5. The van der Waals surface area contributed by atoms with Crippen molar-refractivity contribution in [2.75, 3.05) is 13.2 Å². The van der Waals surface area contributed by atoms with Crippen LogP contribution in [0.5, 0.6) is 0 Å². The van der Waals surface area contributed by atoms with Gasteiger partial charge in [-0.1, -0.05) is 295 Å². The summed E-state index contributed by atoms with van der Waals surface area (Å²) >= 11 is 0. The van der Waals surface area contributed by atoms with Crippen molar-refractivity contribution in [3.05, 3.63) is 24.3 Å². The third-order valence-corrected chi connectivity index (χ3v) is 14.5. The van der Waals surface area contributed by atoms with E-state index in [1.165, 1.54) is 250 Å². The molecule has 0 saturated carbocycles. The molecule has 0 aliphatic heterocycles. The van der Waals surface area contributed by atoms with Gasteiger partial charge >= 0.3 is 5.97 Å². The van der Waals surface area contributed by atoms with Gasteiger partial charge in [0.1, 0.15) is 0 Å². The fourth-order valence-corrected chi connectivity index (χ4v) is 9.73. The molecule has 2 unspecified atom stereocenters. The van der Waals surface area contributed by atoms with E-state index in [2.05, 4.69) is 43.5 Å². The molecule has 0 radical (unpaired) electrons. The van der Waals surface area contributed by atoms with Gasteiger partial charge in [-0.25, -0.2) is 0 Å². The number of carbonyl (C=O) groups is 2. The first-order valence-corrected chi connectivity index (χ1v) is 31.1. The van der Waals surface area contributed by atoms with Crippen LogP contribution < -0.4 is 5.32 Å². The number of aliphatic hydroxyl groups excluding tert-OH is 2. The fraction of sp³-hybridized carbons (Fsp3) is 0.905. The molecule has 6 heteroatoms. The molecule has 0 aromatic heterocycles. The molecule has 0 fully saturated rings. The lowest BCUT2D eigenvalue weighted by Crippen LogP contribution is -2.45. The summed E-state index contributed by atoms with van der Waals surface area (Å²) in [6.45, 7) is 4.94. The van der Waals surface area contributed by atoms with Crippen molar-refractivity contribution in [2.24, 2.45) is 0 Å². The van der Waals surface area contributed by atoms with Crippen LogP contribution >= 0.6 is 0 Å². The van der Waals surface area contributed by atoms with Crippen LogP contribution in [-0.4, -0.2) is 47.4 Å². The molecular weight excluding hydrogens is 851 g/mol. The van der Waals surface area contributed by atoms with Crippen LogP contribution in [-0.2, 0) is 14.3 Å². The molecule has 1 amide bonds. The summed E-state index contributed by atoms with van der Waals surface area (Å²) in [5.41, 5.74) is 0. The zero-order valence-electron chi connectivity index (χ0n) is 46.6. The van der Waals surface area contributed by atoms with E-state index in [1.54, 1.807) is 0 Å². The zero-order valence-corrected chi connectivity index (χ0v) is 46.6. The molecule has 0 aromatic carbocycles. The van der Waals surface area contributed by atoms with Gasteiger partial charge in [-0.15, -0.1) is 0 Å². The van der Waals surface area contributed by atoms with Gasteiger partial charge < -0.3 is 20.3 Å². The minimum absolute atomic E-state index is 0.00580. The van der Waals surface area contributed by atoms with Crippen LogP contribution in [0.1, 0.15) is 341 Å². The van der Waals surface area contributed by atoms with Crippen LogP contribution in [0.3, 0.4) is 0 Å². The topological polar surface area (TPSA) is 95.9 Å². The normalized spacial score (nSPS) is 12.7. The second-order valence-electron chi connectivity index (χ2n) is 21.4.